The zero-order chi connectivity index (χ0) is 21.6. The lowest BCUT2D eigenvalue weighted by atomic mass is 10.1. The summed E-state index contributed by atoms with van der Waals surface area (Å²) < 4.78 is 41.5. The first-order chi connectivity index (χ1) is 14.4. The van der Waals surface area contributed by atoms with Crippen LogP contribution in [0.1, 0.15) is 12.0 Å². The molecule has 0 saturated carbocycles. The molecule has 1 heterocycles. The predicted octanol–water partition coefficient (Wildman–Crippen LogP) is 3.07. The number of carbonyl (C=O) groups excluding carboxylic acids is 1. The number of hydrogen-bond donors (Lipinski definition) is 3. The molecule has 1 unspecified atom stereocenters. The molecule has 6 nitrogen and oxygen atoms in total. The van der Waals surface area contributed by atoms with Gasteiger partial charge in [0.15, 0.2) is 0 Å². The minimum absolute atomic E-state index is 0.299. The third kappa shape index (κ3) is 5.41. The number of aromatic amines is 1. The Bertz CT molecular complexity index is 1120. The molecule has 0 bridgehead atoms. The van der Waals surface area contributed by atoms with Gasteiger partial charge < -0.3 is 10.3 Å². The highest BCUT2D eigenvalue weighted by atomic mass is 32.2. The summed E-state index contributed by atoms with van der Waals surface area (Å²) in [7, 11) is -4.16. The van der Waals surface area contributed by atoms with Gasteiger partial charge in [-0.15, -0.1) is 0 Å². The van der Waals surface area contributed by atoms with E-state index in [4.69, 9.17) is 0 Å². The van der Waals surface area contributed by atoms with E-state index in [2.05, 4.69) is 15.0 Å². The number of fused-ring (bicyclic) bond motifs is 1. The van der Waals surface area contributed by atoms with Crippen molar-refractivity contribution in [2.75, 3.05) is 18.6 Å². The van der Waals surface area contributed by atoms with Gasteiger partial charge in [-0.1, -0.05) is 30.3 Å². The second kappa shape index (κ2) is 10.1. The van der Waals surface area contributed by atoms with E-state index in [1.807, 2.05) is 36.7 Å². The van der Waals surface area contributed by atoms with Crippen LogP contribution in [0.5, 0.6) is 0 Å². The van der Waals surface area contributed by atoms with Crippen LogP contribution in [0.15, 0.2) is 59.6 Å². The fourth-order valence-electron chi connectivity index (χ4n) is 3.17. The lowest BCUT2D eigenvalue weighted by molar-refractivity contribution is -0.122. The highest BCUT2D eigenvalue weighted by molar-refractivity contribution is 7.98. The first kappa shape index (κ1) is 22.3. The minimum atomic E-state index is -4.16. The van der Waals surface area contributed by atoms with Gasteiger partial charge >= 0.3 is 0 Å². The van der Waals surface area contributed by atoms with Gasteiger partial charge in [-0.05, 0) is 48.6 Å². The highest BCUT2D eigenvalue weighted by Gasteiger charge is 2.27. The third-order valence-electron chi connectivity index (χ3n) is 4.72. The van der Waals surface area contributed by atoms with Gasteiger partial charge in [0.1, 0.15) is 16.8 Å². The van der Waals surface area contributed by atoms with Crippen LogP contribution in [-0.2, 0) is 21.2 Å². The molecule has 0 radical (unpaired) electrons. The van der Waals surface area contributed by atoms with Crippen LogP contribution in [0, 0.1) is 5.82 Å². The molecule has 3 N–H and O–H groups in total. The number of sulfonamides is 1. The van der Waals surface area contributed by atoms with Crippen molar-refractivity contribution >= 4 is 38.6 Å². The maximum absolute atomic E-state index is 13.9. The molecule has 1 aromatic heterocycles. The highest BCUT2D eigenvalue weighted by Crippen LogP contribution is 2.18. The Morgan fingerprint density at radius 2 is 1.90 bits per heavy atom. The number of para-hydroxylation sites is 1. The number of nitrogens with one attached hydrogen (secondary N) is 3. The van der Waals surface area contributed by atoms with Crippen molar-refractivity contribution in [2.45, 2.75) is 23.8 Å². The number of carbonyl (C=O) groups is 1. The second-order valence-corrected chi connectivity index (χ2v) is 9.45. The van der Waals surface area contributed by atoms with E-state index in [1.165, 1.54) is 30.0 Å². The lowest BCUT2D eigenvalue weighted by Crippen LogP contribution is -2.47. The Labute approximate surface area is 179 Å². The quantitative estimate of drug-likeness (QED) is 0.444. The lowest BCUT2D eigenvalue weighted by Gasteiger charge is -2.18. The molecule has 0 saturated heterocycles. The Balaban J connectivity index is 1.65. The van der Waals surface area contributed by atoms with Gasteiger partial charge in [0.05, 0.1) is 0 Å². The summed E-state index contributed by atoms with van der Waals surface area (Å²) in [5.74, 6) is -0.697. The van der Waals surface area contributed by atoms with Crippen LogP contribution in [0.4, 0.5) is 4.39 Å². The molecule has 0 aliphatic rings. The van der Waals surface area contributed by atoms with Gasteiger partial charge in [-0.2, -0.15) is 16.5 Å². The summed E-state index contributed by atoms with van der Waals surface area (Å²) in [6, 6.07) is 12.0. The van der Waals surface area contributed by atoms with Crippen molar-refractivity contribution in [3.8, 4) is 0 Å². The van der Waals surface area contributed by atoms with E-state index in [0.717, 1.165) is 22.5 Å². The monoisotopic (exact) mass is 449 g/mol. The van der Waals surface area contributed by atoms with Crippen LogP contribution in [0.2, 0.25) is 0 Å². The van der Waals surface area contributed by atoms with Gasteiger partial charge in [-0.25, -0.2) is 12.8 Å². The van der Waals surface area contributed by atoms with Crippen molar-refractivity contribution < 1.29 is 17.6 Å². The van der Waals surface area contributed by atoms with Crippen LogP contribution in [0.25, 0.3) is 10.9 Å². The number of aromatic nitrogens is 1. The molecule has 3 rings (SSSR count). The van der Waals surface area contributed by atoms with Gasteiger partial charge in [0.2, 0.25) is 15.9 Å². The Morgan fingerprint density at radius 1 is 1.17 bits per heavy atom. The van der Waals surface area contributed by atoms with Gasteiger partial charge in [0, 0.05) is 23.6 Å². The van der Waals surface area contributed by atoms with E-state index >= 15 is 0 Å². The second-order valence-electron chi connectivity index (χ2n) is 6.79. The molecule has 30 heavy (non-hydrogen) atoms. The largest absolute Gasteiger partial charge is 0.361 e. The number of amides is 1. The van der Waals surface area contributed by atoms with Crippen LogP contribution < -0.4 is 10.0 Å². The number of halogens is 1. The minimum Gasteiger partial charge on any atom is -0.361 e. The molecule has 0 aliphatic carbocycles. The average molecular weight is 450 g/mol. The summed E-state index contributed by atoms with van der Waals surface area (Å²) in [5, 5.41) is 3.89. The molecule has 160 valence electrons. The first-order valence-corrected chi connectivity index (χ1v) is 12.4. The number of benzene rings is 2. The zero-order valence-corrected chi connectivity index (χ0v) is 18.2. The van der Waals surface area contributed by atoms with E-state index < -0.39 is 32.7 Å². The molecule has 2 aromatic carbocycles. The summed E-state index contributed by atoms with van der Waals surface area (Å²) in [4.78, 5) is 15.4. The van der Waals surface area contributed by atoms with Gasteiger partial charge in [-0.3, -0.25) is 4.79 Å². The Morgan fingerprint density at radius 3 is 2.67 bits per heavy atom. The smallest absolute Gasteiger partial charge is 0.244 e. The van der Waals surface area contributed by atoms with Crippen molar-refractivity contribution in [1.82, 2.24) is 15.0 Å². The Kier molecular flexibility index (Phi) is 7.52. The van der Waals surface area contributed by atoms with E-state index in [9.17, 15) is 17.6 Å². The van der Waals surface area contributed by atoms with Crippen molar-refractivity contribution in [2.24, 2.45) is 0 Å². The zero-order valence-electron chi connectivity index (χ0n) is 16.5. The standard InChI is InChI=1S/C21H24FN3O3S2/c1-29-13-11-19(25-30(27,28)20-9-5-3-7-17(20)22)21(26)23-12-10-15-14-24-18-8-4-2-6-16(15)18/h2-9,14,19,24-25H,10-13H2,1H3,(H,23,26). The molecule has 0 aliphatic heterocycles. The van der Waals surface area contributed by atoms with Crippen LogP contribution >= 0.6 is 11.8 Å². The molecular formula is C21H24FN3O3S2. The molecule has 1 amide bonds. The van der Waals surface area contributed by atoms with Crippen molar-refractivity contribution in [3.63, 3.8) is 0 Å². The molecule has 0 spiro atoms. The fourth-order valence-corrected chi connectivity index (χ4v) is 4.96. The maximum atomic E-state index is 13.9. The summed E-state index contributed by atoms with van der Waals surface area (Å²) in [5.41, 5.74) is 2.09. The summed E-state index contributed by atoms with van der Waals surface area (Å²) in [6.45, 7) is 0.359. The van der Waals surface area contributed by atoms with Crippen LogP contribution in [0.3, 0.4) is 0 Å². The number of H-pyrrole nitrogens is 1. The molecule has 0 fully saturated rings. The SMILES string of the molecule is CSCCC(NS(=O)(=O)c1ccccc1F)C(=O)NCCc1c[nH]c2ccccc12. The van der Waals surface area contributed by atoms with Crippen LogP contribution in [-0.4, -0.2) is 43.9 Å². The number of thioether (sulfide) groups is 1. The molecule has 3 aromatic rings. The summed E-state index contributed by atoms with van der Waals surface area (Å²) >= 11 is 1.50. The average Bonchev–Trinajstić information content (AvgIpc) is 3.14. The van der Waals surface area contributed by atoms with Gasteiger partial charge in [0.25, 0.3) is 0 Å². The number of rotatable bonds is 10. The fraction of sp³-hybridized carbons (Fsp3) is 0.286. The maximum Gasteiger partial charge on any atom is 0.244 e. The topological polar surface area (TPSA) is 91.1 Å². The van der Waals surface area contributed by atoms with E-state index in [0.29, 0.717) is 25.1 Å². The van der Waals surface area contributed by atoms with E-state index in [1.54, 1.807) is 0 Å². The number of hydrogen-bond acceptors (Lipinski definition) is 4. The molecule has 9 heteroatoms. The summed E-state index contributed by atoms with van der Waals surface area (Å²) in [6.07, 6.45) is 4.68. The van der Waals surface area contributed by atoms with E-state index in [-0.39, 0.29) is 0 Å². The molecular weight excluding hydrogens is 425 g/mol. The third-order valence-corrected chi connectivity index (χ3v) is 6.87. The van der Waals surface area contributed by atoms with Crippen molar-refractivity contribution in [1.29, 1.82) is 0 Å². The normalized spacial score (nSPS) is 12.7. The predicted molar refractivity (Wildman–Crippen MR) is 119 cm³/mol. The van der Waals surface area contributed by atoms with Crippen molar-refractivity contribution in [3.05, 3.63) is 66.1 Å². The molecule has 1 atom stereocenters. The Hall–Kier alpha value is -2.36. The first-order valence-electron chi connectivity index (χ1n) is 9.51.